The predicted octanol–water partition coefficient (Wildman–Crippen LogP) is 2.22. The number of aromatic nitrogens is 1. The van der Waals surface area contributed by atoms with Gasteiger partial charge >= 0.3 is 5.97 Å². The summed E-state index contributed by atoms with van der Waals surface area (Å²) in [5.41, 5.74) is 1.53. The molecule has 0 aliphatic carbocycles. The molecule has 8 heteroatoms. The van der Waals surface area contributed by atoms with Crippen LogP contribution in [0.2, 0.25) is 0 Å². The topological polar surface area (TPSA) is 105 Å². The zero-order valence-electron chi connectivity index (χ0n) is 17.5. The first-order chi connectivity index (χ1) is 14.0. The quantitative estimate of drug-likeness (QED) is 0.617. The molecule has 7 nitrogen and oxygen atoms in total. The molecule has 2 rings (SSSR count). The minimum atomic E-state index is -4.04. The summed E-state index contributed by atoms with van der Waals surface area (Å²) in [5, 5.41) is 9.55. The SMILES string of the molecule is CN(CCc1ccccn1)C(=O)C(C)(C)S(=O)(=O)CC(Cc1ccccc1)C(=O)O. The number of likely N-dealkylation sites (N-methyl/N-ethyl adjacent to an activating group) is 1. The molecule has 0 saturated carbocycles. The van der Waals surface area contributed by atoms with Crippen LogP contribution >= 0.6 is 0 Å². The molecule has 0 radical (unpaired) electrons. The fraction of sp³-hybridized carbons (Fsp3) is 0.409. The highest BCUT2D eigenvalue weighted by atomic mass is 32.2. The smallest absolute Gasteiger partial charge is 0.307 e. The molecule has 1 amide bonds. The molecule has 1 unspecified atom stereocenters. The van der Waals surface area contributed by atoms with E-state index in [0.717, 1.165) is 11.3 Å². The number of benzene rings is 1. The van der Waals surface area contributed by atoms with Gasteiger partial charge in [0.15, 0.2) is 9.84 Å². The van der Waals surface area contributed by atoms with Crippen LogP contribution in [0.15, 0.2) is 54.7 Å². The van der Waals surface area contributed by atoms with E-state index in [1.54, 1.807) is 49.6 Å². The van der Waals surface area contributed by atoms with E-state index in [-0.39, 0.29) is 6.42 Å². The zero-order chi connectivity index (χ0) is 22.4. The molecule has 1 atom stereocenters. The minimum Gasteiger partial charge on any atom is -0.481 e. The highest BCUT2D eigenvalue weighted by molar-refractivity contribution is 7.93. The van der Waals surface area contributed by atoms with Crippen molar-refractivity contribution in [3.8, 4) is 0 Å². The molecule has 0 bridgehead atoms. The average Bonchev–Trinajstić information content (AvgIpc) is 2.72. The van der Waals surface area contributed by atoms with E-state index in [4.69, 9.17) is 0 Å². The van der Waals surface area contributed by atoms with Gasteiger partial charge in [0.2, 0.25) is 5.91 Å². The van der Waals surface area contributed by atoms with Crippen LogP contribution in [0.3, 0.4) is 0 Å². The van der Waals surface area contributed by atoms with E-state index in [1.807, 2.05) is 12.1 Å². The first-order valence-corrected chi connectivity index (χ1v) is 11.3. The molecule has 1 aromatic carbocycles. The third-order valence-electron chi connectivity index (χ3n) is 5.16. The number of rotatable bonds is 10. The Morgan fingerprint density at radius 2 is 1.73 bits per heavy atom. The van der Waals surface area contributed by atoms with Gasteiger partial charge in [-0.05, 0) is 38.0 Å². The van der Waals surface area contributed by atoms with Crippen molar-refractivity contribution in [2.24, 2.45) is 5.92 Å². The molecule has 2 aromatic rings. The standard InChI is InChI=1S/C22H28N2O5S/c1-22(2,21(27)24(3)14-12-19-11-7-8-13-23-19)30(28,29)16-18(20(25)26)15-17-9-5-4-6-10-17/h4-11,13,18H,12,14-16H2,1-3H3,(H,25,26). The fourth-order valence-corrected chi connectivity index (χ4v) is 4.74. The fourth-order valence-electron chi connectivity index (χ4n) is 3.11. The Bertz CT molecular complexity index is 960. The maximum Gasteiger partial charge on any atom is 0.307 e. The van der Waals surface area contributed by atoms with Crippen molar-refractivity contribution >= 4 is 21.7 Å². The monoisotopic (exact) mass is 432 g/mol. The van der Waals surface area contributed by atoms with Crippen molar-refractivity contribution in [2.75, 3.05) is 19.3 Å². The Labute approximate surface area is 177 Å². The molecule has 0 spiro atoms. The normalized spacial score (nSPS) is 12.9. The van der Waals surface area contributed by atoms with Crippen LogP contribution in [0.1, 0.15) is 25.1 Å². The molecule has 1 N–H and O–H groups in total. The highest BCUT2D eigenvalue weighted by Gasteiger charge is 2.45. The molecule has 1 aromatic heterocycles. The maximum atomic E-state index is 13.1. The number of carbonyl (C=O) groups is 2. The minimum absolute atomic E-state index is 0.0786. The van der Waals surface area contributed by atoms with Gasteiger partial charge in [0.1, 0.15) is 4.75 Å². The first-order valence-electron chi connectivity index (χ1n) is 9.69. The largest absolute Gasteiger partial charge is 0.481 e. The number of aliphatic carboxylic acids is 1. The van der Waals surface area contributed by atoms with Crippen LogP contribution in [0.5, 0.6) is 0 Å². The summed E-state index contributed by atoms with van der Waals surface area (Å²) in [4.78, 5) is 30.2. The number of sulfone groups is 1. The van der Waals surface area contributed by atoms with Crippen LogP contribution in [-0.2, 0) is 32.3 Å². The van der Waals surface area contributed by atoms with Crippen molar-refractivity contribution < 1.29 is 23.1 Å². The second kappa shape index (κ2) is 9.84. The summed E-state index contributed by atoms with van der Waals surface area (Å²) in [6.07, 6.45) is 2.23. The molecule has 0 aliphatic heterocycles. The van der Waals surface area contributed by atoms with E-state index in [2.05, 4.69) is 4.98 Å². The number of carboxylic acid groups (broad SMARTS) is 1. The summed E-state index contributed by atoms with van der Waals surface area (Å²) in [7, 11) is -2.50. The van der Waals surface area contributed by atoms with Gasteiger partial charge in [0.05, 0.1) is 11.7 Å². The molecule has 0 fully saturated rings. The number of nitrogens with zero attached hydrogens (tertiary/aromatic N) is 2. The first kappa shape index (κ1) is 23.5. The van der Waals surface area contributed by atoms with Gasteiger partial charge in [-0.15, -0.1) is 0 Å². The molecule has 0 aliphatic rings. The average molecular weight is 433 g/mol. The summed E-state index contributed by atoms with van der Waals surface area (Å²) in [5.74, 6) is -3.51. The summed E-state index contributed by atoms with van der Waals surface area (Å²) >= 11 is 0. The third-order valence-corrected chi connectivity index (χ3v) is 7.73. The van der Waals surface area contributed by atoms with Gasteiger partial charge in [-0.1, -0.05) is 36.4 Å². The molecule has 1 heterocycles. The van der Waals surface area contributed by atoms with E-state index in [0.29, 0.717) is 13.0 Å². The van der Waals surface area contributed by atoms with Gasteiger partial charge < -0.3 is 10.0 Å². The van der Waals surface area contributed by atoms with Crippen molar-refractivity contribution in [1.29, 1.82) is 0 Å². The van der Waals surface area contributed by atoms with Crippen LogP contribution in [-0.4, -0.2) is 59.4 Å². The van der Waals surface area contributed by atoms with Gasteiger partial charge in [-0.2, -0.15) is 0 Å². The molecule has 30 heavy (non-hydrogen) atoms. The predicted molar refractivity (Wildman–Crippen MR) is 115 cm³/mol. The van der Waals surface area contributed by atoms with Crippen LogP contribution in [0.25, 0.3) is 0 Å². The maximum absolute atomic E-state index is 13.1. The number of carboxylic acids is 1. The Morgan fingerprint density at radius 1 is 1.10 bits per heavy atom. The van der Waals surface area contributed by atoms with Crippen molar-refractivity contribution in [1.82, 2.24) is 9.88 Å². The number of amides is 1. The highest BCUT2D eigenvalue weighted by Crippen LogP contribution is 2.24. The summed E-state index contributed by atoms with van der Waals surface area (Å²) in [6, 6.07) is 14.3. The molecular weight excluding hydrogens is 404 g/mol. The summed E-state index contributed by atoms with van der Waals surface area (Å²) in [6.45, 7) is 2.98. The summed E-state index contributed by atoms with van der Waals surface area (Å²) < 4.78 is 24.4. The van der Waals surface area contributed by atoms with E-state index in [9.17, 15) is 23.1 Å². The van der Waals surface area contributed by atoms with Gasteiger partial charge in [0, 0.05) is 31.9 Å². The van der Waals surface area contributed by atoms with E-state index < -0.39 is 38.1 Å². The second-order valence-corrected chi connectivity index (χ2v) is 10.4. The van der Waals surface area contributed by atoms with Crippen molar-refractivity contribution in [3.63, 3.8) is 0 Å². The number of hydrogen-bond acceptors (Lipinski definition) is 5. The Kier molecular flexibility index (Phi) is 7.72. The lowest BCUT2D eigenvalue weighted by Gasteiger charge is -2.30. The Balaban J connectivity index is 2.10. The lowest BCUT2D eigenvalue weighted by atomic mass is 10.0. The third kappa shape index (κ3) is 5.89. The van der Waals surface area contributed by atoms with Gasteiger partial charge in [-0.25, -0.2) is 8.42 Å². The van der Waals surface area contributed by atoms with E-state index >= 15 is 0 Å². The van der Waals surface area contributed by atoms with Gasteiger partial charge in [-0.3, -0.25) is 14.6 Å². The number of carbonyl (C=O) groups excluding carboxylic acids is 1. The van der Waals surface area contributed by atoms with Crippen molar-refractivity contribution in [3.05, 3.63) is 66.0 Å². The number of pyridine rings is 1. The Hall–Kier alpha value is -2.74. The van der Waals surface area contributed by atoms with Crippen molar-refractivity contribution in [2.45, 2.75) is 31.4 Å². The van der Waals surface area contributed by atoms with Gasteiger partial charge in [0.25, 0.3) is 0 Å². The number of hydrogen-bond donors (Lipinski definition) is 1. The lowest BCUT2D eigenvalue weighted by molar-refractivity contribution is -0.141. The van der Waals surface area contributed by atoms with Crippen LogP contribution < -0.4 is 0 Å². The second-order valence-electron chi connectivity index (χ2n) is 7.81. The van der Waals surface area contributed by atoms with Crippen LogP contribution in [0.4, 0.5) is 0 Å². The zero-order valence-corrected chi connectivity index (χ0v) is 18.3. The molecule has 162 valence electrons. The molecular formula is C22H28N2O5S. The Morgan fingerprint density at radius 3 is 2.30 bits per heavy atom. The van der Waals surface area contributed by atoms with E-state index in [1.165, 1.54) is 18.7 Å². The van der Waals surface area contributed by atoms with Crippen LogP contribution in [0, 0.1) is 5.92 Å². The lowest BCUT2D eigenvalue weighted by Crippen LogP contribution is -2.51. The molecule has 0 saturated heterocycles.